The number of carbonyl (C=O) groups excluding carboxylic acids is 1. The van der Waals surface area contributed by atoms with Gasteiger partial charge in [-0.3, -0.25) is 9.69 Å². The second-order valence-electron chi connectivity index (χ2n) is 8.35. The van der Waals surface area contributed by atoms with Crippen LogP contribution < -0.4 is 0 Å². The quantitative estimate of drug-likeness (QED) is 0.438. The Hall–Kier alpha value is -2.78. The first-order valence-corrected chi connectivity index (χ1v) is 13.0. The standard InChI is InChI=1S/C26H26ClFN2O4S/c1-34-25(31)18-19-3-2-4-21(17-19)26(20-5-7-22(27)8-6-20)29-13-15-30(16-14-29)35(32,33)24-11-9-23(28)10-12-24/h2-12,17,26H,13-16,18H2,1H3. The van der Waals surface area contributed by atoms with Crippen LogP contribution in [0, 0.1) is 5.82 Å². The van der Waals surface area contributed by atoms with Gasteiger partial charge in [0.05, 0.1) is 24.5 Å². The number of nitrogens with zero attached hydrogens (tertiary/aromatic N) is 2. The summed E-state index contributed by atoms with van der Waals surface area (Å²) in [5.74, 6) is -0.793. The molecule has 1 aliphatic heterocycles. The van der Waals surface area contributed by atoms with E-state index in [-0.39, 0.29) is 23.3 Å². The number of sulfonamides is 1. The minimum absolute atomic E-state index is 0.0807. The van der Waals surface area contributed by atoms with Crippen LogP contribution in [0.3, 0.4) is 0 Å². The van der Waals surface area contributed by atoms with Crippen LogP contribution in [0.1, 0.15) is 22.7 Å². The molecule has 1 atom stereocenters. The Balaban J connectivity index is 1.59. The molecule has 184 valence electrons. The zero-order chi connectivity index (χ0) is 25.0. The molecule has 0 aromatic heterocycles. The first-order chi connectivity index (χ1) is 16.8. The molecule has 35 heavy (non-hydrogen) atoms. The molecule has 0 aliphatic carbocycles. The van der Waals surface area contributed by atoms with Crippen molar-refractivity contribution in [1.29, 1.82) is 0 Å². The Bertz CT molecular complexity index is 1280. The zero-order valence-electron chi connectivity index (χ0n) is 19.2. The third kappa shape index (κ3) is 5.90. The van der Waals surface area contributed by atoms with E-state index in [1.807, 2.05) is 48.5 Å². The molecule has 0 radical (unpaired) electrons. The minimum Gasteiger partial charge on any atom is -0.469 e. The Morgan fingerprint density at radius 2 is 1.63 bits per heavy atom. The third-order valence-electron chi connectivity index (χ3n) is 6.12. The summed E-state index contributed by atoms with van der Waals surface area (Å²) in [5, 5.41) is 0.627. The maximum absolute atomic E-state index is 13.3. The van der Waals surface area contributed by atoms with E-state index in [0.29, 0.717) is 31.2 Å². The van der Waals surface area contributed by atoms with Gasteiger partial charge < -0.3 is 4.74 Å². The zero-order valence-corrected chi connectivity index (χ0v) is 20.8. The highest BCUT2D eigenvalue weighted by Gasteiger charge is 2.32. The minimum atomic E-state index is -3.71. The molecule has 0 amide bonds. The van der Waals surface area contributed by atoms with Gasteiger partial charge in [-0.05, 0) is 53.1 Å². The third-order valence-corrected chi connectivity index (χ3v) is 8.28. The number of ether oxygens (including phenoxy) is 1. The van der Waals surface area contributed by atoms with Crippen molar-refractivity contribution in [2.75, 3.05) is 33.3 Å². The van der Waals surface area contributed by atoms with Crippen LogP contribution in [-0.2, 0) is 26.0 Å². The molecule has 3 aromatic rings. The predicted octanol–water partition coefficient (Wildman–Crippen LogP) is 4.29. The summed E-state index contributed by atoms with van der Waals surface area (Å²) < 4.78 is 45.6. The summed E-state index contributed by atoms with van der Waals surface area (Å²) >= 11 is 6.12. The fourth-order valence-corrected chi connectivity index (χ4v) is 5.88. The van der Waals surface area contributed by atoms with Gasteiger partial charge in [0.2, 0.25) is 10.0 Å². The second kappa shape index (κ2) is 10.9. The Morgan fingerprint density at radius 3 is 2.26 bits per heavy atom. The number of hydrogen-bond donors (Lipinski definition) is 0. The lowest BCUT2D eigenvalue weighted by molar-refractivity contribution is -0.139. The molecule has 4 rings (SSSR count). The fraction of sp³-hybridized carbons (Fsp3) is 0.269. The van der Waals surface area contributed by atoms with E-state index in [9.17, 15) is 17.6 Å². The van der Waals surface area contributed by atoms with E-state index in [0.717, 1.165) is 28.8 Å². The summed E-state index contributed by atoms with van der Waals surface area (Å²) in [6.07, 6.45) is 0.168. The van der Waals surface area contributed by atoms with Crippen molar-refractivity contribution in [3.8, 4) is 0 Å². The normalized spacial score (nSPS) is 16.1. The van der Waals surface area contributed by atoms with Crippen LogP contribution >= 0.6 is 11.6 Å². The molecule has 1 heterocycles. The predicted molar refractivity (Wildman–Crippen MR) is 132 cm³/mol. The number of carbonyl (C=O) groups is 1. The van der Waals surface area contributed by atoms with Crippen LogP contribution in [0.5, 0.6) is 0 Å². The van der Waals surface area contributed by atoms with Crippen molar-refractivity contribution in [3.63, 3.8) is 0 Å². The van der Waals surface area contributed by atoms with Gasteiger partial charge >= 0.3 is 5.97 Å². The molecule has 0 bridgehead atoms. The topological polar surface area (TPSA) is 66.9 Å². The molecular formula is C26H26ClFN2O4S. The Morgan fingerprint density at radius 1 is 0.971 bits per heavy atom. The van der Waals surface area contributed by atoms with Gasteiger partial charge in [0.1, 0.15) is 5.82 Å². The Labute approximate surface area is 209 Å². The first kappa shape index (κ1) is 25.3. The van der Waals surface area contributed by atoms with Gasteiger partial charge in [-0.15, -0.1) is 0 Å². The van der Waals surface area contributed by atoms with Crippen molar-refractivity contribution >= 4 is 27.6 Å². The molecule has 0 N–H and O–H groups in total. The van der Waals surface area contributed by atoms with Crippen molar-refractivity contribution in [1.82, 2.24) is 9.21 Å². The molecule has 9 heteroatoms. The van der Waals surface area contributed by atoms with Gasteiger partial charge in [0.15, 0.2) is 0 Å². The highest BCUT2D eigenvalue weighted by atomic mass is 35.5. The molecular weight excluding hydrogens is 491 g/mol. The molecule has 1 saturated heterocycles. The summed E-state index contributed by atoms with van der Waals surface area (Å²) in [6.45, 7) is 1.58. The summed E-state index contributed by atoms with van der Waals surface area (Å²) in [5.41, 5.74) is 2.84. The number of esters is 1. The number of halogens is 2. The number of piperazine rings is 1. The number of rotatable bonds is 7. The molecule has 0 spiro atoms. The molecule has 6 nitrogen and oxygen atoms in total. The highest BCUT2D eigenvalue weighted by molar-refractivity contribution is 7.89. The average Bonchev–Trinajstić information content (AvgIpc) is 2.86. The average molecular weight is 517 g/mol. The van der Waals surface area contributed by atoms with E-state index >= 15 is 0 Å². The lowest BCUT2D eigenvalue weighted by atomic mass is 9.94. The SMILES string of the molecule is COC(=O)Cc1cccc(C(c2ccc(Cl)cc2)N2CCN(S(=O)(=O)c3ccc(F)cc3)CC2)c1. The van der Waals surface area contributed by atoms with Crippen LogP contribution in [0.4, 0.5) is 4.39 Å². The van der Waals surface area contributed by atoms with Gasteiger partial charge in [-0.2, -0.15) is 4.31 Å². The van der Waals surface area contributed by atoms with Gasteiger partial charge in [0.25, 0.3) is 0 Å². The van der Waals surface area contributed by atoms with E-state index < -0.39 is 15.8 Å². The summed E-state index contributed by atoms with van der Waals surface area (Å²) in [4.78, 5) is 14.1. The van der Waals surface area contributed by atoms with E-state index in [4.69, 9.17) is 16.3 Å². The van der Waals surface area contributed by atoms with Crippen molar-refractivity contribution in [2.24, 2.45) is 0 Å². The lowest BCUT2D eigenvalue weighted by Crippen LogP contribution is -2.49. The number of benzene rings is 3. The van der Waals surface area contributed by atoms with Crippen LogP contribution in [0.25, 0.3) is 0 Å². The van der Waals surface area contributed by atoms with Gasteiger partial charge in [-0.25, -0.2) is 12.8 Å². The van der Waals surface area contributed by atoms with E-state index in [1.165, 1.54) is 23.5 Å². The summed E-state index contributed by atoms with van der Waals surface area (Å²) in [7, 11) is -2.35. The Kier molecular flexibility index (Phi) is 7.86. The van der Waals surface area contributed by atoms with Crippen molar-refractivity contribution in [2.45, 2.75) is 17.4 Å². The van der Waals surface area contributed by atoms with Crippen molar-refractivity contribution in [3.05, 3.63) is 100 Å². The maximum Gasteiger partial charge on any atom is 0.309 e. The molecule has 3 aromatic carbocycles. The summed E-state index contributed by atoms with van der Waals surface area (Å²) in [6, 6.07) is 20.1. The molecule has 0 saturated carbocycles. The maximum atomic E-state index is 13.3. The highest BCUT2D eigenvalue weighted by Crippen LogP contribution is 2.32. The second-order valence-corrected chi connectivity index (χ2v) is 10.7. The monoisotopic (exact) mass is 516 g/mol. The van der Waals surface area contributed by atoms with Crippen LogP contribution in [0.2, 0.25) is 5.02 Å². The van der Waals surface area contributed by atoms with Crippen LogP contribution in [-0.4, -0.2) is 56.9 Å². The lowest BCUT2D eigenvalue weighted by Gasteiger charge is -2.39. The molecule has 1 aliphatic rings. The van der Waals surface area contributed by atoms with E-state index in [2.05, 4.69) is 4.90 Å². The van der Waals surface area contributed by atoms with Gasteiger partial charge in [-0.1, -0.05) is 48.0 Å². The van der Waals surface area contributed by atoms with Crippen LogP contribution in [0.15, 0.2) is 77.7 Å². The number of methoxy groups -OCH3 is 1. The van der Waals surface area contributed by atoms with E-state index in [1.54, 1.807) is 0 Å². The largest absolute Gasteiger partial charge is 0.469 e. The van der Waals surface area contributed by atoms with Gasteiger partial charge in [0, 0.05) is 31.2 Å². The first-order valence-electron chi connectivity index (χ1n) is 11.2. The molecule has 1 fully saturated rings. The van der Waals surface area contributed by atoms with Crippen molar-refractivity contribution < 1.29 is 22.3 Å². The number of hydrogen-bond acceptors (Lipinski definition) is 5. The smallest absolute Gasteiger partial charge is 0.309 e. The molecule has 1 unspecified atom stereocenters. The fourth-order valence-electron chi connectivity index (χ4n) is 4.33.